The lowest BCUT2D eigenvalue weighted by Crippen LogP contribution is -2.13. The molecule has 0 bridgehead atoms. The molecule has 0 aliphatic rings. The summed E-state index contributed by atoms with van der Waals surface area (Å²) in [5, 5.41) is 6.36. The first-order chi connectivity index (χ1) is 9.22. The van der Waals surface area contributed by atoms with Crippen LogP contribution in [0.25, 0.3) is 0 Å². The highest BCUT2D eigenvalue weighted by Crippen LogP contribution is 2.16. The molecule has 1 aromatic carbocycles. The van der Waals surface area contributed by atoms with Crippen molar-refractivity contribution in [1.82, 2.24) is 5.16 Å². The van der Waals surface area contributed by atoms with Crippen LogP contribution in [-0.2, 0) is 0 Å². The lowest BCUT2D eigenvalue weighted by molar-refractivity contribution is 0.102. The van der Waals surface area contributed by atoms with Gasteiger partial charge in [0.05, 0.1) is 18.4 Å². The molecule has 1 aromatic heterocycles. The topological polar surface area (TPSA) is 81.2 Å². The van der Waals surface area contributed by atoms with Gasteiger partial charge in [-0.15, -0.1) is 0 Å². The van der Waals surface area contributed by atoms with E-state index in [0.717, 1.165) is 5.56 Å². The zero-order valence-corrected chi connectivity index (χ0v) is 10.4. The molecule has 1 heterocycles. The first-order valence-corrected chi connectivity index (χ1v) is 5.73. The Kier molecular flexibility index (Phi) is 3.96. The lowest BCUT2D eigenvalue weighted by atomic mass is 10.1. The Morgan fingerprint density at radius 3 is 2.95 bits per heavy atom. The number of nitrogens with one attached hydrogen (secondary N) is 1. The average Bonchev–Trinajstić information content (AvgIpc) is 2.84. The molecule has 0 fully saturated rings. The fraction of sp³-hybridized carbons (Fsp3) is 0.143. The van der Waals surface area contributed by atoms with Crippen LogP contribution in [0.15, 0.2) is 35.0 Å². The highest BCUT2D eigenvalue weighted by molar-refractivity contribution is 6.05. The summed E-state index contributed by atoms with van der Waals surface area (Å²) in [4.78, 5) is 12.0. The van der Waals surface area contributed by atoms with Gasteiger partial charge in [0, 0.05) is 5.56 Å². The highest BCUT2D eigenvalue weighted by Gasteiger charge is 2.13. The van der Waals surface area contributed by atoms with Crippen molar-refractivity contribution >= 4 is 11.6 Å². The van der Waals surface area contributed by atoms with Crippen LogP contribution < -0.4 is 11.1 Å². The van der Waals surface area contributed by atoms with E-state index >= 15 is 0 Å². The van der Waals surface area contributed by atoms with Crippen LogP contribution >= 0.6 is 0 Å². The summed E-state index contributed by atoms with van der Waals surface area (Å²) >= 11 is 0. The van der Waals surface area contributed by atoms with Gasteiger partial charge in [-0.25, -0.2) is 0 Å². The van der Waals surface area contributed by atoms with Gasteiger partial charge in [0.25, 0.3) is 5.91 Å². The molecule has 2 aromatic rings. The molecular weight excluding hydrogens is 242 g/mol. The number of para-hydroxylation sites is 1. The van der Waals surface area contributed by atoms with Gasteiger partial charge in [0.15, 0.2) is 0 Å². The molecule has 5 heteroatoms. The number of aryl methyl sites for hydroxylation is 1. The Balaban J connectivity index is 2.24. The number of rotatable bonds is 2. The second kappa shape index (κ2) is 5.85. The SMILES string of the molecule is Cc1oncc1C(=O)Nc1ccccc1C#CCN. The lowest BCUT2D eigenvalue weighted by Gasteiger charge is -2.06. The van der Waals surface area contributed by atoms with Gasteiger partial charge in [0.1, 0.15) is 11.3 Å². The minimum Gasteiger partial charge on any atom is -0.361 e. The number of aromatic nitrogens is 1. The van der Waals surface area contributed by atoms with Gasteiger partial charge < -0.3 is 15.6 Å². The number of carbonyl (C=O) groups excluding carboxylic acids is 1. The van der Waals surface area contributed by atoms with E-state index in [1.807, 2.05) is 18.2 Å². The smallest absolute Gasteiger partial charge is 0.260 e. The van der Waals surface area contributed by atoms with Crippen LogP contribution in [0.5, 0.6) is 0 Å². The van der Waals surface area contributed by atoms with Gasteiger partial charge in [-0.2, -0.15) is 0 Å². The predicted molar refractivity (Wildman–Crippen MR) is 71.6 cm³/mol. The Morgan fingerprint density at radius 2 is 2.26 bits per heavy atom. The summed E-state index contributed by atoms with van der Waals surface area (Å²) < 4.78 is 4.86. The van der Waals surface area contributed by atoms with Gasteiger partial charge in [-0.3, -0.25) is 4.79 Å². The van der Waals surface area contributed by atoms with Crippen molar-refractivity contribution in [3.8, 4) is 11.8 Å². The Bertz CT molecular complexity index is 650. The molecule has 3 N–H and O–H groups in total. The summed E-state index contributed by atoms with van der Waals surface area (Å²) in [5.74, 6) is 5.87. The molecule has 0 saturated carbocycles. The quantitative estimate of drug-likeness (QED) is 0.798. The third-order valence-electron chi connectivity index (χ3n) is 2.50. The van der Waals surface area contributed by atoms with Crippen LogP contribution in [0.1, 0.15) is 21.7 Å². The summed E-state index contributed by atoms with van der Waals surface area (Å²) in [5.41, 5.74) is 7.10. The molecule has 0 radical (unpaired) electrons. The van der Waals surface area contributed by atoms with E-state index < -0.39 is 0 Å². The average molecular weight is 255 g/mol. The third-order valence-corrected chi connectivity index (χ3v) is 2.50. The Labute approximate surface area is 110 Å². The van der Waals surface area contributed by atoms with E-state index in [1.54, 1.807) is 13.0 Å². The van der Waals surface area contributed by atoms with Gasteiger partial charge in [0.2, 0.25) is 0 Å². The van der Waals surface area contributed by atoms with E-state index in [1.165, 1.54) is 6.20 Å². The fourth-order valence-corrected chi connectivity index (χ4v) is 1.55. The molecule has 0 aliphatic heterocycles. The number of nitrogens with zero attached hydrogens (tertiary/aromatic N) is 1. The van der Waals surface area contributed by atoms with Crippen LogP contribution in [0.3, 0.4) is 0 Å². The van der Waals surface area contributed by atoms with Gasteiger partial charge in [-0.1, -0.05) is 29.1 Å². The molecule has 2 rings (SSSR count). The maximum atomic E-state index is 12.0. The summed E-state index contributed by atoms with van der Waals surface area (Å²) in [6, 6.07) is 7.27. The fourth-order valence-electron chi connectivity index (χ4n) is 1.55. The molecule has 1 amide bonds. The van der Waals surface area contributed by atoms with Crippen LogP contribution in [0, 0.1) is 18.8 Å². The van der Waals surface area contributed by atoms with Gasteiger partial charge >= 0.3 is 0 Å². The summed E-state index contributed by atoms with van der Waals surface area (Å²) in [6.07, 6.45) is 1.39. The molecule has 96 valence electrons. The Morgan fingerprint density at radius 1 is 1.47 bits per heavy atom. The summed E-state index contributed by atoms with van der Waals surface area (Å²) in [6.45, 7) is 1.95. The zero-order chi connectivity index (χ0) is 13.7. The second-order valence-corrected chi connectivity index (χ2v) is 3.80. The van der Waals surface area contributed by atoms with E-state index in [9.17, 15) is 4.79 Å². The van der Waals surface area contributed by atoms with E-state index in [0.29, 0.717) is 17.0 Å². The number of carbonyl (C=O) groups is 1. The van der Waals surface area contributed by atoms with Crippen molar-refractivity contribution in [3.05, 3.63) is 47.3 Å². The standard InChI is InChI=1S/C14H13N3O2/c1-10-12(9-16-19-10)14(18)17-13-7-3-2-5-11(13)6-4-8-15/h2-3,5,7,9H,8,15H2,1H3,(H,17,18). The van der Waals surface area contributed by atoms with E-state index in [4.69, 9.17) is 10.3 Å². The molecule has 5 nitrogen and oxygen atoms in total. The minimum atomic E-state index is -0.277. The minimum absolute atomic E-state index is 0.271. The molecule has 0 aliphatic carbocycles. The molecule has 19 heavy (non-hydrogen) atoms. The van der Waals surface area contributed by atoms with Crippen molar-refractivity contribution in [3.63, 3.8) is 0 Å². The van der Waals surface area contributed by atoms with Crippen LogP contribution in [0.4, 0.5) is 5.69 Å². The van der Waals surface area contributed by atoms with Crippen LogP contribution in [-0.4, -0.2) is 17.6 Å². The van der Waals surface area contributed by atoms with Crippen LogP contribution in [0.2, 0.25) is 0 Å². The molecular formula is C14H13N3O2. The van der Waals surface area contributed by atoms with Crippen molar-refractivity contribution in [2.24, 2.45) is 5.73 Å². The number of hydrogen-bond acceptors (Lipinski definition) is 4. The number of anilines is 1. The maximum absolute atomic E-state index is 12.0. The predicted octanol–water partition coefficient (Wildman–Crippen LogP) is 1.55. The molecule has 0 saturated heterocycles. The largest absolute Gasteiger partial charge is 0.361 e. The second-order valence-electron chi connectivity index (χ2n) is 3.80. The third kappa shape index (κ3) is 3.00. The first kappa shape index (κ1) is 12.9. The zero-order valence-electron chi connectivity index (χ0n) is 10.4. The van der Waals surface area contributed by atoms with E-state index in [2.05, 4.69) is 22.3 Å². The molecule has 0 spiro atoms. The Hall–Kier alpha value is -2.58. The van der Waals surface area contributed by atoms with Crippen molar-refractivity contribution in [2.75, 3.05) is 11.9 Å². The number of nitrogens with two attached hydrogens (primary N) is 1. The normalized spacial score (nSPS) is 9.58. The van der Waals surface area contributed by atoms with Crippen molar-refractivity contribution in [1.29, 1.82) is 0 Å². The first-order valence-electron chi connectivity index (χ1n) is 5.73. The number of benzene rings is 1. The monoisotopic (exact) mass is 255 g/mol. The molecule has 0 unspecified atom stereocenters. The van der Waals surface area contributed by atoms with E-state index in [-0.39, 0.29) is 12.5 Å². The van der Waals surface area contributed by atoms with Gasteiger partial charge in [-0.05, 0) is 19.1 Å². The highest BCUT2D eigenvalue weighted by atomic mass is 16.5. The number of amides is 1. The summed E-state index contributed by atoms with van der Waals surface area (Å²) in [7, 11) is 0. The van der Waals surface area contributed by atoms with Crippen molar-refractivity contribution < 1.29 is 9.32 Å². The number of hydrogen-bond donors (Lipinski definition) is 2. The maximum Gasteiger partial charge on any atom is 0.260 e. The van der Waals surface area contributed by atoms with Crippen molar-refractivity contribution in [2.45, 2.75) is 6.92 Å². The molecule has 0 atom stereocenters.